The smallest absolute Gasteiger partial charge is 0.311 e. The van der Waals surface area contributed by atoms with Gasteiger partial charge in [-0.05, 0) is 25.8 Å². The van der Waals surface area contributed by atoms with Crippen molar-refractivity contribution >= 4 is 5.97 Å². The van der Waals surface area contributed by atoms with E-state index in [2.05, 4.69) is 0 Å². The van der Waals surface area contributed by atoms with Crippen LogP contribution in [0.4, 0.5) is 0 Å². The monoisotopic (exact) mass is 236 g/mol. The lowest BCUT2D eigenvalue weighted by molar-refractivity contribution is -0.151. The number of esters is 1. The lowest BCUT2D eigenvalue weighted by Crippen LogP contribution is -2.27. The van der Waals surface area contributed by atoms with Gasteiger partial charge in [-0.1, -0.05) is 30.3 Å². The van der Waals surface area contributed by atoms with Gasteiger partial charge in [0.1, 0.15) is 0 Å². The SMILES string of the molecule is COC(=O)C(C)(C)CCOCc1ccccc1. The fourth-order valence-electron chi connectivity index (χ4n) is 1.47. The standard InChI is InChI=1S/C14H20O3/c1-14(2,13(15)16-3)9-10-17-11-12-7-5-4-6-8-12/h4-8H,9-11H2,1-3H3. The number of benzene rings is 1. The largest absolute Gasteiger partial charge is 0.469 e. The van der Waals surface area contributed by atoms with E-state index in [1.54, 1.807) is 0 Å². The Morgan fingerprint density at radius 3 is 2.47 bits per heavy atom. The minimum absolute atomic E-state index is 0.194. The third-order valence-corrected chi connectivity index (χ3v) is 2.72. The Labute approximate surface area is 103 Å². The molecule has 0 heterocycles. The highest BCUT2D eigenvalue weighted by Gasteiger charge is 2.28. The molecular weight excluding hydrogens is 216 g/mol. The molecule has 0 saturated carbocycles. The Morgan fingerprint density at radius 2 is 1.88 bits per heavy atom. The maximum absolute atomic E-state index is 11.4. The first-order valence-corrected chi connectivity index (χ1v) is 5.76. The Hall–Kier alpha value is -1.35. The van der Waals surface area contributed by atoms with Crippen molar-refractivity contribution in [3.63, 3.8) is 0 Å². The summed E-state index contributed by atoms with van der Waals surface area (Å²) < 4.78 is 10.3. The molecule has 0 aliphatic rings. The molecule has 3 nitrogen and oxygen atoms in total. The van der Waals surface area contributed by atoms with Gasteiger partial charge in [0.2, 0.25) is 0 Å². The molecule has 1 aromatic rings. The van der Waals surface area contributed by atoms with Crippen LogP contribution in [-0.2, 0) is 20.9 Å². The number of ether oxygens (including phenoxy) is 2. The van der Waals surface area contributed by atoms with Gasteiger partial charge >= 0.3 is 5.97 Å². The van der Waals surface area contributed by atoms with Gasteiger partial charge in [0.25, 0.3) is 0 Å². The van der Waals surface area contributed by atoms with E-state index >= 15 is 0 Å². The van der Waals surface area contributed by atoms with Gasteiger partial charge in [-0.2, -0.15) is 0 Å². The Bertz CT molecular complexity index is 344. The molecule has 0 radical (unpaired) electrons. The normalized spacial score (nSPS) is 11.2. The zero-order chi connectivity index (χ0) is 12.7. The molecule has 0 saturated heterocycles. The van der Waals surface area contributed by atoms with Crippen molar-refractivity contribution in [1.29, 1.82) is 0 Å². The predicted octanol–water partition coefficient (Wildman–Crippen LogP) is 2.79. The number of hydrogen-bond donors (Lipinski definition) is 0. The minimum Gasteiger partial charge on any atom is -0.469 e. The van der Waals surface area contributed by atoms with Gasteiger partial charge in [0, 0.05) is 6.61 Å². The molecule has 1 aromatic carbocycles. The maximum atomic E-state index is 11.4. The van der Waals surface area contributed by atoms with Gasteiger partial charge in [0.05, 0.1) is 19.1 Å². The topological polar surface area (TPSA) is 35.5 Å². The number of rotatable bonds is 6. The molecule has 0 aromatic heterocycles. The predicted molar refractivity (Wildman–Crippen MR) is 66.5 cm³/mol. The molecular formula is C14H20O3. The lowest BCUT2D eigenvalue weighted by atomic mass is 9.90. The average molecular weight is 236 g/mol. The third-order valence-electron chi connectivity index (χ3n) is 2.72. The van der Waals surface area contributed by atoms with Gasteiger partial charge in [-0.25, -0.2) is 0 Å². The summed E-state index contributed by atoms with van der Waals surface area (Å²) in [6.07, 6.45) is 0.659. The van der Waals surface area contributed by atoms with Crippen LogP contribution in [0.3, 0.4) is 0 Å². The molecule has 1 rings (SSSR count). The lowest BCUT2D eigenvalue weighted by Gasteiger charge is -2.20. The first-order valence-electron chi connectivity index (χ1n) is 5.76. The van der Waals surface area contributed by atoms with Crippen LogP contribution in [0.1, 0.15) is 25.8 Å². The van der Waals surface area contributed by atoms with Crippen LogP contribution in [0.2, 0.25) is 0 Å². The third kappa shape index (κ3) is 4.57. The Kier molecular flexibility index (Phi) is 5.16. The molecule has 0 aliphatic heterocycles. The second kappa shape index (κ2) is 6.40. The van der Waals surface area contributed by atoms with Crippen molar-refractivity contribution < 1.29 is 14.3 Å². The van der Waals surface area contributed by atoms with Crippen LogP contribution < -0.4 is 0 Å². The molecule has 0 unspecified atom stereocenters. The van der Waals surface area contributed by atoms with E-state index in [9.17, 15) is 4.79 Å². The molecule has 94 valence electrons. The molecule has 0 aliphatic carbocycles. The van der Waals surface area contributed by atoms with E-state index in [0.29, 0.717) is 19.6 Å². The van der Waals surface area contributed by atoms with Gasteiger partial charge < -0.3 is 9.47 Å². The summed E-state index contributed by atoms with van der Waals surface area (Å²) in [6.45, 7) is 4.87. The number of hydrogen-bond acceptors (Lipinski definition) is 3. The Morgan fingerprint density at radius 1 is 1.24 bits per heavy atom. The van der Waals surface area contributed by atoms with Crippen molar-refractivity contribution in [3.05, 3.63) is 35.9 Å². The van der Waals surface area contributed by atoms with Crippen LogP contribution in [0.25, 0.3) is 0 Å². The number of carbonyl (C=O) groups is 1. The molecule has 0 bridgehead atoms. The van der Waals surface area contributed by atoms with Crippen LogP contribution >= 0.6 is 0 Å². The second-order valence-electron chi connectivity index (χ2n) is 4.66. The van der Waals surface area contributed by atoms with Crippen molar-refractivity contribution in [2.75, 3.05) is 13.7 Å². The van der Waals surface area contributed by atoms with E-state index in [1.165, 1.54) is 7.11 Å². The van der Waals surface area contributed by atoms with E-state index in [-0.39, 0.29) is 5.97 Å². The molecule has 0 N–H and O–H groups in total. The second-order valence-corrected chi connectivity index (χ2v) is 4.66. The van der Waals surface area contributed by atoms with Crippen LogP contribution in [0.5, 0.6) is 0 Å². The number of methoxy groups -OCH3 is 1. The quantitative estimate of drug-likeness (QED) is 0.563. The Balaban J connectivity index is 2.27. The number of carbonyl (C=O) groups excluding carboxylic acids is 1. The fraction of sp³-hybridized carbons (Fsp3) is 0.500. The summed E-state index contributed by atoms with van der Waals surface area (Å²) in [5.41, 5.74) is 0.661. The van der Waals surface area contributed by atoms with Crippen molar-refractivity contribution in [3.8, 4) is 0 Å². The van der Waals surface area contributed by atoms with E-state index in [4.69, 9.17) is 9.47 Å². The molecule has 0 fully saturated rings. The zero-order valence-corrected chi connectivity index (χ0v) is 10.7. The van der Waals surface area contributed by atoms with Crippen molar-refractivity contribution in [2.24, 2.45) is 5.41 Å². The highest BCUT2D eigenvalue weighted by atomic mass is 16.5. The van der Waals surface area contributed by atoms with Gasteiger partial charge in [-0.15, -0.1) is 0 Å². The summed E-state index contributed by atoms with van der Waals surface area (Å²) in [5, 5.41) is 0. The molecule has 0 amide bonds. The molecule has 3 heteroatoms. The highest BCUT2D eigenvalue weighted by molar-refractivity contribution is 5.75. The van der Waals surface area contributed by atoms with Gasteiger partial charge in [-0.3, -0.25) is 4.79 Å². The molecule has 0 atom stereocenters. The summed E-state index contributed by atoms with van der Waals surface area (Å²) in [6, 6.07) is 9.98. The first kappa shape index (κ1) is 13.7. The summed E-state index contributed by atoms with van der Waals surface area (Å²) in [4.78, 5) is 11.4. The zero-order valence-electron chi connectivity index (χ0n) is 10.7. The van der Waals surface area contributed by atoms with Gasteiger partial charge in [0.15, 0.2) is 0 Å². The van der Waals surface area contributed by atoms with Crippen LogP contribution in [0, 0.1) is 5.41 Å². The van der Waals surface area contributed by atoms with Crippen molar-refractivity contribution in [1.82, 2.24) is 0 Å². The minimum atomic E-state index is -0.481. The molecule has 0 spiro atoms. The first-order chi connectivity index (χ1) is 8.06. The summed E-state index contributed by atoms with van der Waals surface area (Å²) >= 11 is 0. The highest BCUT2D eigenvalue weighted by Crippen LogP contribution is 2.22. The van der Waals surface area contributed by atoms with E-state index in [0.717, 1.165) is 5.56 Å². The van der Waals surface area contributed by atoms with Crippen LogP contribution in [-0.4, -0.2) is 19.7 Å². The van der Waals surface area contributed by atoms with E-state index in [1.807, 2.05) is 44.2 Å². The summed E-state index contributed by atoms with van der Waals surface area (Å²) in [5.74, 6) is -0.194. The van der Waals surface area contributed by atoms with E-state index < -0.39 is 5.41 Å². The van der Waals surface area contributed by atoms with Crippen LogP contribution in [0.15, 0.2) is 30.3 Å². The summed E-state index contributed by atoms with van der Waals surface area (Å²) in [7, 11) is 1.41. The average Bonchev–Trinajstić information content (AvgIpc) is 2.35. The maximum Gasteiger partial charge on any atom is 0.311 e. The van der Waals surface area contributed by atoms with Crippen molar-refractivity contribution in [2.45, 2.75) is 26.9 Å². The fourth-order valence-corrected chi connectivity index (χ4v) is 1.47. The molecule has 17 heavy (non-hydrogen) atoms.